The molecule has 0 saturated carbocycles. The first-order chi connectivity index (χ1) is 7.07. The minimum Gasteiger partial charge on any atom is -0.300 e. The number of carbonyl (C=O) groups is 2. The molecule has 0 aromatic rings. The standard InChI is InChI=1S/C11H21NO2S/c1-9(2)10(13)7-5-4-6-8-11(14)12-15-3/h9H,4-8H2,1-3H3,(H,12,14). The van der Waals surface area contributed by atoms with Crippen LogP contribution >= 0.6 is 11.9 Å². The molecular weight excluding hydrogens is 210 g/mol. The Kier molecular flexibility index (Phi) is 8.47. The van der Waals surface area contributed by atoms with Gasteiger partial charge in [0.05, 0.1) is 0 Å². The minimum absolute atomic E-state index is 0.0812. The summed E-state index contributed by atoms with van der Waals surface area (Å²) in [6, 6.07) is 0. The Balaban J connectivity index is 3.32. The largest absolute Gasteiger partial charge is 0.300 e. The van der Waals surface area contributed by atoms with Gasteiger partial charge in [0.15, 0.2) is 0 Å². The summed E-state index contributed by atoms with van der Waals surface area (Å²) in [4.78, 5) is 22.3. The zero-order valence-electron chi connectivity index (χ0n) is 9.84. The molecule has 1 amide bonds. The molecule has 0 fully saturated rings. The van der Waals surface area contributed by atoms with Gasteiger partial charge in [-0.05, 0) is 12.8 Å². The number of carbonyl (C=O) groups excluding carboxylic acids is 2. The Labute approximate surface area is 96.5 Å². The van der Waals surface area contributed by atoms with Gasteiger partial charge in [0.2, 0.25) is 5.91 Å². The zero-order valence-corrected chi connectivity index (χ0v) is 10.7. The lowest BCUT2D eigenvalue weighted by molar-refractivity contribution is -0.122. The van der Waals surface area contributed by atoms with E-state index in [1.807, 2.05) is 20.1 Å². The summed E-state index contributed by atoms with van der Waals surface area (Å²) < 4.78 is 2.67. The van der Waals surface area contributed by atoms with Gasteiger partial charge >= 0.3 is 0 Å². The molecule has 3 nitrogen and oxygen atoms in total. The summed E-state index contributed by atoms with van der Waals surface area (Å²) in [5.74, 6) is 0.547. The first kappa shape index (κ1) is 14.5. The molecule has 15 heavy (non-hydrogen) atoms. The Morgan fingerprint density at radius 1 is 1.13 bits per heavy atom. The van der Waals surface area contributed by atoms with Gasteiger partial charge in [-0.2, -0.15) is 0 Å². The van der Waals surface area contributed by atoms with E-state index in [1.165, 1.54) is 11.9 Å². The molecule has 0 rings (SSSR count). The summed E-state index contributed by atoms with van der Waals surface area (Å²) in [6.45, 7) is 3.85. The van der Waals surface area contributed by atoms with E-state index in [2.05, 4.69) is 4.72 Å². The van der Waals surface area contributed by atoms with Crippen molar-refractivity contribution >= 4 is 23.6 Å². The van der Waals surface area contributed by atoms with Crippen LogP contribution in [0.4, 0.5) is 0 Å². The average molecular weight is 231 g/mol. The number of amides is 1. The lowest BCUT2D eigenvalue weighted by Gasteiger charge is -2.03. The van der Waals surface area contributed by atoms with E-state index in [0.29, 0.717) is 18.6 Å². The second kappa shape index (κ2) is 8.77. The van der Waals surface area contributed by atoms with Crippen molar-refractivity contribution in [2.24, 2.45) is 5.92 Å². The van der Waals surface area contributed by atoms with E-state index >= 15 is 0 Å². The quantitative estimate of drug-likeness (QED) is 0.516. The van der Waals surface area contributed by atoms with Crippen LogP contribution in [-0.2, 0) is 9.59 Å². The molecule has 0 heterocycles. The topological polar surface area (TPSA) is 46.2 Å². The molecule has 0 aliphatic heterocycles. The van der Waals surface area contributed by atoms with E-state index in [1.54, 1.807) is 0 Å². The highest BCUT2D eigenvalue weighted by Gasteiger charge is 2.06. The van der Waals surface area contributed by atoms with Gasteiger partial charge in [0.1, 0.15) is 5.78 Å². The fourth-order valence-electron chi connectivity index (χ4n) is 1.22. The monoisotopic (exact) mass is 231 g/mol. The van der Waals surface area contributed by atoms with Crippen LogP contribution in [0.2, 0.25) is 0 Å². The van der Waals surface area contributed by atoms with Gasteiger partial charge in [0.25, 0.3) is 0 Å². The predicted molar refractivity (Wildman–Crippen MR) is 64.6 cm³/mol. The molecule has 0 saturated heterocycles. The zero-order chi connectivity index (χ0) is 11.7. The van der Waals surface area contributed by atoms with Crippen LogP contribution in [0.5, 0.6) is 0 Å². The summed E-state index contributed by atoms with van der Waals surface area (Å²) in [7, 11) is 0. The summed E-state index contributed by atoms with van der Waals surface area (Å²) in [5.41, 5.74) is 0. The Bertz CT molecular complexity index is 205. The third-order valence-corrected chi connectivity index (χ3v) is 2.62. The normalized spacial score (nSPS) is 10.4. The maximum absolute atomic E-state index is 11.3. The molecule has 0 unspecified atom stereocenters. The molecule has 0 aliphatic carbocycles. The first-order valence-electron chi connectivity index (χ1n) is 5.42. The number of unbranched alkanes of at least 4 members (excludes halogenated alkanes) is 2. The van der Waals surface area contributed by atoms with E-state index < -0.39 is 0 Å². The Morgan fingerprint density at radius 2 is 1.73 bits per heavy atom. The fourth-order valence-corrected chi connectivity index (χ4v) is 1.54. The number of ketones is 1. The molecule has 0 radical (unpaired) electrons. The predicted octanol–water partition coefficient (Wildman–Crippen LogP) is 2.56. The maximum Gasteiger partial charge on any atom is 0.229 e. The average Bonchev–Trinajstić information content (AvgIpc) is 2.17. The van der Waals surface area contributed by atoms with Gasteiger partial charge < -0.3 is 4.72 Å². The second-order valence-electron chi connectivity index (χ2n) is 3.91. The highest BCUT2D eigenvalue weighted by atomic mass is 32.2. The minimum atomic E-state index is 0.0812. The number of hydrogen-bond donors (Lipinski definition) is 1. The highest BCUT2D eigenvalue weighted by Crippen LogP contribution is 2.07. The van der Waals surface area contributed by atoms with E-state index in [9.17, 15) is 9.59 Å². The van der Waals surface area contributed by atoms with Crippen molar-refractivity contribution < 1.29 is 9.59 Å². The maximum atomic E-state index is 11.3. The summed E-state index contributed by atoms with van der Waals surface area (Å²) in [5, 5.41) is 0. The molecule has 0 aromatic carbocycles. The molecule has 0 aromatic heterocycles. The summed E-state index contributed by atoms with van der Waals surface area (Å²) >= 11 is 1.33. The van der Waals surface area contributed by atoms with Crippen LogP contribution in [0, 0.1) is 5.92 Å². The van der Waals surface area contributed by atoms with Crippen molar-refractivity contribution in [3.8, 4) is 0 Å². The molecule has 1 N–H and O–H groups in total. The van der Waals surface area contributed by atoms with Gasteiger partial charge in [-0.15, -0.1) is 0 Å². The molecule has 0 atom stereocenters. The lowest BCUT2D eigenvalue weighted by atomic mass is 10.0. The SMILES string of the molecule is CSNC(=O)CCCCCC(=O)C(C)C. The Morgan fingerprint density at radius 3 is 2.27 bits per heavy atom. The Hall–Kier alpha value is -0.510. The van der Waals surface area contributed by atoms with Crippen LogP contribution in [0.1, 0.15) is 46.0 Å². The highest BCUT2D eigenvalue weighted by molar-refractivity contribution is 7.97. The third-order valence-electron chi connectivity index (χ3n) is 2.19. The van der Waals surface area contributed by atoms with Crippen molar-refractivity contribution in [2.45, 2.75) is 46.0 Å². The van der Waals surface area contributed by atoms with Crippen LogP contribution in [0.15, 0.2) is 0 Å². The van der Waals surface area contributed by atoms with E-state index in [0.717, 1.165) is 19.3 Å². The fraction of sp³-hybridized carbons (Fsp3) is 0.818. The molecule has 0 bridgehead atoms. The number of rotatable bonds is 8. The smallest absolute Gasteiger partial charge is 0.229 e. The van der Waals surface area contributed by atoms with Gasteiger partial charge in [-0.25, -0.2) is 0 Å². The van der Waals surface area contributed by atoms with Crippen molar-refractivity contribution in [1.82, 2.24) is 4.72 Å². The van der Waals surface area contributed by atoms with Crippen LogP contribution in [0.3, 0.4) is 0 Å². The van der Waals surface area contributed by atoms with Crippen molar-refractivity contribution in [2.75, 3.05) is 6.26 Å². The number of nitrogens with one attached hydrogen (secondary N) is 1. The third kappa shape index (κ3) is 8.48. The number of hydrogen-bond acceptors (Lipinski definition) is 3. The van der Waals surface area contributed by atoms with Gasteiger partial charge in [-0.1, -0.05) is 32.2 Å². The molecule has 0 spiro atoms. The van der Waals surface area contributed by atoms with Crippen LogP contribution in [-0.4, -0.2) is 17.9 Å². The van der Waals surface area contributed by atoms with E-state index in [-0.39, 0.29) is 11.8 Å². The van der Waals surface area contributed by atoms with Crippen LogP contribution in [0.25, 0.3) is 0 Å². The van der Waals surface area contributed by atoms with Crippen molar-refractivity contribution in [1.29, 1.82) is 0 Å². The van der Waals surface area contributed by atoms with E-state index in [4.69, 9.17) is 0 Å². The van der Waals surface area contributed by atoms with Crippen LogP contribution < -0.4 is 4.72 Å². The van der Waals surface area contributed by atoms with Crippen molar-refractivity contribution in [3.63, 3.8) is 0 Å². The molecule has 0 aliphatic rings. The lowest BCUT2D eigenvalue weighted by Crippen LogP contribution is -2.14. The first-order valence-corrected chi connectivity index (χ1v) is 6.65. The summed E-state index contributed by atoms with van der Waals surface area (Å²) in [6.07, 6.45) is 5.79. The molecule has 4 heteroatoms. The molecular formula is C11H21NO2S. The van der Waals surface area contributed by atoms with Gasteiger partial charge in [0, 0.05) is 25.0 Å². The number of Topliss-reactive ketones (excluding diaryl/α,β-unsaturated/α-hetero) is 1. The molecule has 88 valence electrons. The second-order valence-corrected chi connectivity index (χ2v) is 4.52. The van der Waals surface area contributed by atoms with Crippen molar-refractivity contribution in [3.05, 3.63) is 0 Å². The van der Waals surface area contributed by atoms with Gasteiger partial charge in [-0.3, -0.25) is 9.59 Å².